The van der Waals surface area contributed by atoms with Crippen LogP contribution in [0, 0.1) is 0 Å². The van der Waals surface area contributed by atoms with Crippen LogP contribution in [0.1, 0.15) is 40.5 Å². The van der Waals surface area contributed by atoms with Gasteiger partial charge in [-0.2, -0.15) is 4.80 Å². The monoisotopic (exact) mass is 481 g/mol. The molecule has 1 aromatic carbocycles. The van der Waals surface area contributed by atoms with Crippen LogP contribution in [-0.4, -0.2) is 57.6 Å². The maximum absolute atomic E-state index is 10.5. The minimum Gasteiger partial charge on any atom is -0.507 e. The molecule has 0 bridgehead atoms. The quantitative estimate of drug-likeness (QED) is 0.514. The first-order valence-corrected chi connectivity index (χ1v) is 9.94. The number of benzene rings is 1. The summed E-state index contributed by atoms with van der Waals surface area (Å²) in [5.41, 5.74) is 1.75. The normalized spacial score (nSPS) is 17.2. The van der Waals surface area contributed by atoms with Gasteiger partial charge in [0.2, 0.25) is 11.8 Å². The van der Waals surface area contributed by atoms with Crippen LogP contribution >= 0.6 is 24.8 Å². The predicted octanol–water partition coefficient (Wildman–Crippen LogP) is 3.00. The van der Waals surface area contributed by atoms with Gasteiger partial charge in [0.25, 0.3) is 0 Å². The minimum absolute atomic E-state index is 0. The minimum atomic E-state index is 0. The van der Waals surface area contributed by atoms with Gasteiger partial charge < -0.3 is 15.7 Å². The van der Waals surface area contributed by atoms with E-state index in [-0.39, 0.29) is 47.7 Å². The molecule has 174 valence electrons. The van der Waals surface area contributed by atoms with E-state index in [0.717, 1.165) is 12.8 Å². The lowest BCUT2D eigenvalue weighted by atomic mass is 9.80. The van der Waals surface area contributed by atoms with Crippen molar-refractivity contribution in [3.8, 4) is 28.4 Å². The fraction of sp³-hybridized carbons (Fsp3) is 0.500. The van der Waals surface area contributed by atoms with Gasteiger partial charge in [-0.25, -0.2) is 4.98 Å². The number of aryl methyl sites for hydroxylation is 1. The highest BCUT2D eigenvalue weighted by molar-refractivity contribution is 5.85. The molecule has 3 aromatic rings. The molecule has 3 N–H and O–H groups in total. The van der Waals surface area contributed by atoms with Gasteiger partial charge in [0, 0.05) is 28.2 Å². The second-order valence-corrected chi connectivity index (χ2v) is 9.14. The van der Waals surface area contributed by atoms with Crippen LogP contribution in [-0.2, 0) is 7.05 Å². The molecule has 12 heteroatoms. The van der Waals surface area contributed by atoms with E-state index in [9.17, 15) is 5.11 Å². The lowest BCUT2D eigenvalue weighted by molar-refractivity contribution is 0.170. The SMILES string of the molecule is Cl.Cl.Cn1nnc(-c2ccc(-c3cnc(NC4CC(C)(C)NC(C)(C)C4)nn3)c(O)c2)n1. The molecule has 0 unspecified atom stereocenters. The average Bonchev–Trinajstić information content (AvgIpc) is 3.06. The van der Waals surface area contributed by atoms with Crippen LogP contribution in [0.5, 0.6) is 5.75 Å². The Kier molecular flexibility index (Phi) is 7.64. The molecule has 1 aliphatic rings. The van der Waals surface area contributed by atoms with Crippen LogP contribution < -0.4 is 10.6 Å². The maximum atomic E-state index is 10.5. The molecule has 1 saturated heterocycles. The Hall–Kier alpha value is -2.56. The molecule has 1 aliphatic heterocycles. The second-order valence-electron chi connectivity index (χ2n) is 9.14. The van der Waals surface area contributed by atoms with Crippen molar-refractivity contribution in [3.63, 3.8) is 0 Å². The molecule has 32 heavy (non-hydrogen) atoms. The standard InChI is InChI=1S/C20H27N9O.2ClH/c1-19(2)9-13(10-20(3,4)27-19)22-18-21-11-15(23-25-18)14-7-6-12(8-16(14)30)17-24-28-29(5)26-17;;/h6-8,11,13,27,30H,9-10H2,1-5H3,(H,21,22,25);2*1H. The fourth-order valence-electron chi connectivity index (χ4n) is 4.36. The number of tetrazole rings is 1. The van der Waals surface area contributed by atoms with Gasteiger partial charge in [0.1, 0.15) is 11.4 Å². The van der Waals surface area contributed by atoms with Crippen molar-refractivity contribution < 1.29 is 5.11 Å². The molecule has 0 aliphatic carbocycles. The van der Waals surface area contributed by atoms with Gasteiger partial charge in [-0.1, -0.05) is 6.07 Å². The van der Waals surface area contributed by atoms with Crippen molar-refractivity contribution in [1.29, 1.82) is 0 Å². The number of rotatable bonds is 4. The smallest absolute Gasteiger partial charge is 0.242 e. The number of aromatic hydroxyl groups is 1. The Morgan fingerprint density at radius 3 is 2.28 bits per heavy atom. The van der Waals surface area contributed by atoms with Crippen LogP contribution in [0.4, 0.5) is 5.95 Å². The van der Waals surface area contributed by atoms with E-state index in [4.69, 9.17) is 0 Å². The van der Waals surface area contributed by atoms with E-state index in [1.54, 1.807) is 31.4 Å². The molecule has 0 radical (unpaired) electrons. The number of hydrogen-bond acceptors (Lipinski definition) is 9. The lowest BCUT2D eigenvalue weighted by Crippen LogP contribution is -2.60. The molecular weight excluding hydrogens is 453 g/mol. The first kappa shape index (κ1) is 25.7. The topological polar surface area (TPSA) is 127 Å². The van der Waals surface area contributed by atoms with Crippen molar-refractivity contribution in [2.45, 2.75) is 57.7 Å². The Bertz CT molecular complexity index is 1040. The molecule has 0 atom stereocenters. The summed E-state index contributed by atoms with van der Waals surface area (Å²) in [6, 6.07) is 5.38. The van der Waals surface area contributed by atoms with Crippen molar-refractivity contribution in [2.75, 3.05) is 5.32 Å². The number of aromatic nitrogens is 7. The molecule has 3 heterocycles. The van der Waals surface area contributed by atoms with Crippen LogP contribution in [0.3, 0.4) is 0 Å². The Balaban J connectivity index is 0.00000181. The van der Waals surface area contributed by atoms with Crippen LogP contribution in [0.2, 0.25) is 0 Å². The summed E-state index contributed by atoms with van der Waals surface area (Å²) in [5.74, 6) is 0.978. The second kappa shape index (κ2) is 9.51. The molecule has 0 amide bonds. The van der Waals surface area contributed by atoms with Gasteiger partial charge >= 0.3 is 0 Å². The van der Waals surface area contributed by atoms with E-state index >= 15 is 0 Å². The largest absolute Gasteiger partial charge is 0.507 e. The number of phenols is 1. The lowest BCUT2D eigenvalue weighted by Gasteiger charge is -2.46. The van der Waals surface area contributed by atoms with E-state index in [2.05, 4.69) is 68.9 Å². The summed E-state index contributed by atoms with van der Waals surface area (Å²) < 4.78 is 0. The van der Waals surface area contributed by atoms with Crippen molar-refractivity contribution in [3.05, 3.63) is 24.4 Å². The highest BCUT2D eigenvalue weighted by atomic mass is 35.5. The van der Waals surface area contributed by atoms with Gasteiger partial charge in [0.05, 0.1) is 13.2 Å². The summed E-state index contributed by atoms with van der Waals surface area (Å²) in [6.45, 7) is 8.81. The van der Waals surface area contributed by atoms with E-state index in [1.807, 2.05) is 0 Å². The first-order valence-electron chi connectivity index (χ1n) is 9.94. The Morgan fingerprint density at radius 2 is 1.75 bits per heavy atom. The molecular formula is C20H29Cl2N9O. The van der Waals surface area contributed by atoms with Crippen LogP contribution in [0.25, 0.3) is 22.6 Å². The number of phenolic OH excluding ortho intramolecular Hbond substituents is 1. The molecule has 1 fully saturated rings. The van der Waals surface area contributed by atoms with Crippen LogP contribution in [0.15, 0.2) is 24.4 Å². The summed E-state index contributed by atoms with van der Waals surface area (Å²) >= 11 is 0. The number of nitrogens with zero attached hydrogens (tertiary/aromatic N) is 7. The number of hydrogen-bond donors (Lipinski definition) is 3. The zero-order valence-electron chi connectivity index (χ0n) is 18.7. The third-order valence-electron chi connectivity index (χ3n) is 5.13. The predicted molar refractivity (Wildman–Crippen MR) is 127 cm³/mol. The fourth-order valence-corrected chi connectivity index (χ4v) is 4.36. The first-order chi connectivity index (χ1) is 14.1. The van der Waals surface area contributed by atoms with Gasteiger partial charge in [-0.15, -0.1) is 45.2 Å². The Morgan fingerprint density at radius 1 is 1.06 bits per heavy atom. The van der Waals surface area contributed by atoms with E-state index in [0.29, 0.717) is 28.6 Å². The molecule has 0 spiro atoms. The number of nitrogens with one attached hydrogen (secondary N) is 2. The number of halogens is 2. The summed E-state index contributed by atoms with van der Waals surface area (Å²) in [5, 5.41) is 37.9. The van der Waals surface area contributed by atoms with Crippen molar-refractivity contribution in [1.82, 2.24) is 40.7 Å². The third kappa shape index (κ3) is 5.81. The highest BCUT2D eigenvalue weighted by Gasteiger charge is 2.37. The van der Waals surface area contributed by atoms with Crippen molar-refractivity contribution >= 4 is 30.8 Å². The van der Waals surface area contributed by atoms with Crippen molar-refractivity contribution in [2.24, 2.45) is 7.05 Å². The summed E-state index contributed by atoms with van der Waals surface area (Å²) in [7, 11) is 1.69. The maximum Gasteiger partial charge on any atom is 0.242 e. The zero-order valence-corrected chi connectivity index (χ0v) is 20.3. The number of piperidine rings is 1. The van der Waals surface area contributed by atoms with Gasteiger partial charge in [0.15, 0.2) is 0 Å². The average molecular weight is 482 g/mol. The molecule has 0 saturated carbocycles. The van der Waals surface area contributed by atoms with Gasteiger partial charge in [-0.05, 0) is 57.9 Å². The summed E-state index contributed by atoms with van der Waals surface area (Å²) in [4.78, 5) is 5.78. The highest BCUT2D eigenvalue weighted by Crippen LogP contribution is 2.32. The summed E-state index contributed by atoms with van der Waals surface area (Å²) in [6.07, 6.45) is 3.53. The number of anilines is 1. The van der Waals surface area contributed by atoms with Gasteiger partial charge in [-0.3, -0.25) is 0 Å². The third-order valence-corrected chi connectivity index (χ3v) is 5.13. The zero-order chi connectivity index (χ0) is 21.5. The van der Waals surface area contributed by atoms with E-state index < -0.39 is 0 Å². The molecule has 10 nitrogen and oxygen atoms in total. The van der Waals surface area contributed by atoms with E-state index in [1.165, 1.54) is 4.80 Å². The Labute approximate surface area is 199 Å². The molecule has 4 rings (SSSR count). The molecule has 2 aromatic heterocycles.